The van der Waals surface area contributed by atoms with Gasteiger partial charge in [0.25, 0.3) is 0 Å². The SMILES string of the molecule is C#C/C=C(\C=C/CC#N)c1ccc(OC(=O)C=C)cc1. The Labute approximate surface area is 118 Å². The van der Waals surface area contributed by atoms with E-state index in [4.69, 9.17) is 16.4 Å². The fourth-order valence-electron chi connectivity index (χ4n) is 1.43. The number of hydrogen-bond acceptors (Lipinski definition) is 3. The molecule has 0 atom stereocenters. The van der Waals surface area contributed by atoms with Crippen molar-refractivity contribution in [2.24, 2.45) is 0 Å². The molecule has 0 aliphatic rings. The molecule has 0 saturated carbocycles. The normalized spacial score (nSPS) is 10.6. The van der Waals surface area contributed by atoms with Gasteiger partial charge in [0.1, 0.15) is 5.75 Å². The molecule has 1 aromatic carbocycles. The van der Waals surface area contributed by atoms with Gasteiger partial charge in [0, 0.05) is 6.08 Å². The minimum absolute atomic E-state index is 0.316. The molecule has 0 amide bonds. The Morgan fingerprint density at radius 2 is 2.10 bits per heavy atom. The molecule has 1 rings (SSSR count). The van der Waals surface area contributed by atoms with Gasteiger partial charge in [-0.1, -0.05) is 36.8 Å². The lowest BCUT2D eigenvalue weighted by Crippen LogP contribution is -2.02. The molecule has 0 saturated heterocycles. The van der Waals surface area contributed by atoms with Crippen LogP contribution in [0.3, 0.4) is 0 Å². The van der Waals surface area contributed by atoms with Crippen LogP contribution in [0.4, 0.5) is 0 Å². The van der Waals surface area contributed by atoms with Gasteiger partial charge in [-0.2, -0.15) is 5.26 Å². The molecule has 0 fully saturated rings. The second-order valence-corrected chi connectivity index (χ2v) is 3.68. The van der Waals surface area contributed by atoms with Crippen LogP contribution < -0.4 is 4.74 Å². The van der Waals surface area contributed by atoms with Crippen LogP contribution in [0.1, 0.15) is 12.0 Å². The van der Waals surface area contributed by atoms with Gasteiger partial charge >= 0.3 is 5.97 Å². The molecule has 0 aromatic heterocycles. The minimum Gasteiger partial charge on any atom is -0.423 e. The Bertz CT molecular complexity index is 622. The molecule has 0 radical (unpaired) electrons. The van der Waals surface area contributed by atoms with Gasteiger partial charge in [-0.3, -0.25) is 0 Å². The van der Waals surface area contributed by atoms with E-state index in [1.54, 1.807) is 42.5 Å². The number of nitrogens with zero attached hydrogens (tertiary/aromatic N) is 1. The second kappa shape index (κ2) is 8.13. The first-order chi connectivity index (χ1) is 9.71. The van der Waals surface area contributed by atoms with Crippen molar-refractivity contribution in [3.8, 4) is 24.2 Å². The van der Waals surface area contributed by atoms with Crippen molar-refractivity contribution >= 4 is 11.5 Å². The van der Waals surface area contributed by atoms with E-state index in [0.717, 1.165) is 17.2 Å². The van der Waals surface area contributed by atoms with Gasteiger partial charge in [0.15, 0.2) is 0 Å². The highest BCUT2D eigenvalue weighted by atomic mass is 16.5. The van der Waals surface area contributed by atoms with E-state index >= 15 is 0 Å². The fraction of sp³-hybridized carbons (Fsp3) is 0.0588. The number of esters is 1. The molecule has 0 aliphatic heterocycles. The first kappa shape index (κ1) is 15.0. The zero-order valence-electron chi connectivity index (χ0n) is 10.9. The molecule has 1 aromatic rings. The third-order valence-electron chi connectivity index (χ3n) is 2.32. The van der Waals surface area contributed by atoms with Gasteiger partial charge in [0.05, 0.1) is 12.5 Å². The molecule has 3 heteroatoms. The highest BCUT2D eigenvalue weighted by Crippen LogP contribution is 2.20. The van der Waals surface area contributed by atoms with Gasteiger partial charge in [-0.25, -0.2) is 4.79 Å². The first-order valence-electron chi connectivity index (χ1n) is 5.85. The van der Waals surface area contributed by atoms with Crippen LogP contribution in [0.2, 0.25) is 0 Å². The minimum atomic E-state index is -0.508. The van der Waals surface area contributed by atoms with E-state index in [1.165, 1.54) is 0 Å². The summed E-state index contributed by atoms with van der Waals surface area (Å²) in [6, 6.07) is 8.92. The van der Waals surface area contributed by atoms with Gasteiger partial charge in [-0.05, 0) is 29.3 Å². The number of hydrogen-bond donors (Lipinski definition) is 0. The topological polar surface area (TPSA) is 50.1 Å². The maximum Gasteiger partial charge on any atom is 0.335 e. The number of terminal acetylenes is 1. The van der Waals surface area contributed by atoms with Crippen molar-refractivity contribution in [3.63, 3.8) is 0 Å². The summed E-state index contributed by atoms with van der Waals surface area (Å²) in [6.45, 7) is 3.33. The number of carbonyl (C=O) groups excluding carboxylic acids is 1. The summed E-state index contributed by atoms with van der Waals surface area (Å²) in [5.41, 5.74) is 1.68. The monoisotopic (exact) mass is 263 g/mol. The van der Waals surface area contributed by atoms with Crippen LogP contribution in [-0.4, -0.2) is 5.97 Å². The Hall–Kier alpha value is -3.04. The third-order valence-corrected chi connectivity index (χ3v) is 2.32. The number of nitriles is 1. The molecule has 0 spiro atoms. The summed E-state index contributed by atoms with van der Waals surface area (Å²) < 4.78 is 4.98. The van der Waals surface area contributed by atoms with Crippen molar-refractivity contribution in [2.45, 2.75) is 6.42 Å². The average Bonchev–Trinajstić information content (AvgIpc) is 2.47. The van der Waals surface area contributed by atoms with Gasteiger partial charge in [-0.15, -0.1) is 6.42 Å². The van der Waals surface area contributed by atoms with E-state index in [2.05, 4.69) is 12.5 Å². The van der Waals surface area contributed by atoms with Crippen molar-refractivity contribution in [1.29, 1.82) is 5.26 Å². The molecule has 0 aliphatic carbocycles. The van der Waals surface area contributed by atoms with Crippen LogP contribution in [0.5, 0.6) is 5.75 Å². The summed E-state index contributed by atoms with van der Waals surface area (Å²) in [5.74, 6) is 2.38. The van der Waals surface area contributed by atoms with Crippen LogP contribution in [0, 0.1) is 23.7 Å². The highest BCUT2D eigenvalue weighted by molar-refractivity contribution is 5.83. The van der Waals surface area contributed by atoms with Crippen molar-refractivity contribution in [1.82, 2.24) is 0 Å². The summed E-state index contributed by atoms with van der Waals surface area (Å²) in [4.78, 5) is 11.1. The number of rotatable bonds is 5. The molecule has 0 bridgehead atoms. The molecule has 20 heavy (non-hydrogen) atoms. The number of carbonyl (C=O) groups is 1. The quantitative estimate of drug-likeness (QED) is 0.269. The summed E-state index contributed by atoms with van der Waals surface area (Å²) in [6.07, 6.45) is 11.8. The fourth-order valence-corrected chi connectivity index (χ4v) is 1.43. The molecule has 98 valence electrons. The number of allylic oxidation sites excluding steroid dienone is 4. The maximum absolute atomic E-state index is 11.1. The summed E-state index contributed by atoms with van der Waals surface area (Å²) >= 11 is 0. The Balaban J connectivity index is 2.92. The van der Waals surface area contributed by atoms with Crippen LogP contribution >= 0.6 is 0 Å². The maximum atomic E-state index is 11.1. The molecular weight excluding hydrogens is 250 g/mol. The van der Waals surface area contributed by atoms with Crippen LogP contribution in [0.25, 0.3) is 5.57 Å². The van der Waals surface area contributed by atoms with Gasteiger partial charge < -0.3 is 4.74 Å². The average molecular weight is 263 g/mol. The zero-order valence-corrected chi connectivity index (χ0v) is 10.9. The van der Waals surface area contributed by atoms with E-state index in [9.17, 15) is 4.79 Å². The number of ether oxygens (including phenoxy) is 1. The molecule has 3 nitrogen and oxygen atoms in total. The zero-order chi connectivity index (χ0) is 14.8. The summed E-state index contributed by atoms with van der Waals surface area (Å²) in [5, 5.41) is 8.51. The predicted octanol–water partition coefficient (Wildman–Crippen LogP) is 3.26. The smallest absolute Gasteiger partial charge is 0.335 e. The lowest BCUT2D eigenvalue weighted by molar-refractivity contribution is -0.128. The largest absolute Gasteiger partial charge is 0.423 e. The predicted molar refractivity (Wildman–Crippen MR) is 78.5 cm³/mol. The second-order valence-electron chi connectivity index (χ2n) is 3.68. The van der Waals surface area contributed by atoms with E-state index in [1.807, 2.05) is 6.07 Å². The lowest BCUT2D eigenvalue weighted by atomic mass is 10.0. The summed E-state index contributed by atoms with van der Waals surface area (Å²) in [7, 11) is 0. The lowest BCUT2D eigenvalue weighted by Gasteiger charge is -2.04. The van der Waals surface area contributed by atoms with E-state index < -0.39 is 5.97 Å². The standard InChI is InChI=1S/C17H13NO2/c1-3-7-14(8-5-6-13-18)15-9-11-16(12-10-15)20-17(19)4-2/h1,4-5,7-12H,2,6H2/b8-5-,14-7+. The van der Waals surface area contributed by atoms with E-state index in [-0.39, 0.29) is 0 Å². The van der Waals surface area contributed by atoms with Crippen molar-refractivity contribution in [2.75, 3.05) is 0 Å². The van der Waals surface area contributed by atoms with Crippen molar-refractivity contribution < 1.29 is 9.53 Å². The van der Waals surface area contributed by atoms with E-state index in [0.29, 0.717) is 12.2 Å². The van der Waals surface area contributed by atoms with Crippen LogP contribution in [-0.2, 0) is 4.79 Å². The van der Waals surface area contributed by atoms with Gasteiger partial charge in [0.2, 0.25) is 0 Å². The molecule has 0 unspecified atom stereocenters. The molecule has 0 N–H and O–H groups in total. The Morgan fingerprint density at radius 3 is 2.65 bits per heavy atom. The molecular formula is C17H13NO2. The third kappa shape index (κ3) is 4.68. The Kier molecular flexibility index (Phi) is 6.11. The Morgan fingerprint density at radius 1 is 1.40 bits per heavy atom. The molecule has 0 heterocycles. The first-order valence-corrected chi connectivity index (χ1v) is 5.85. The number of benzene rings is 1. The highest BCUT2D eigenvalue weighted by Gasteiger charge is 2.01. The van der Waals surface area contributed by atoms with Crippen molar-refractivity contribution in [3.05, 3.63) is 60.7 Å². The van der Waals surface area contributed by atoms with Crippen LogP contribution in [0.15, 0.2) is 55.1 Å².